The first-order valence-electron chi connectivity index (χ1n) is 7.84. The van der Waals surface area contributed by atoms with Crippen LogP contribution in [0.25, 0.3) is 0 Å². The van der Waals surface area contributed by atoms with Crippen LogP contribution in [0.1, 0.15) is 19.3 Å². The van der Waals surface area contributed by atoms with Crippen molar-refractivity contribution in [2.45, 2.75) is 19.3 Å². The third kappa shape index (κ3) is 5.36. The summed E-state index contributed by atoms with van der Waals surface area (Å²) in [5.41, 5.74) is 5.17. The number of amides is 3. The van der Waals surface area contributed by atoms with Crippen molar-refractivity contribution in [1.82, 2.24) is 10.2 Å². The van der Waals surface area contributed by atoms with Crippen LogP contribution in [-0.2, 0) is 4.79 Å². The molecule has 0 aliphatic carbocycles. The van der Waals surface area contributed by atoms with Gasteiger partial charge in [-0.15, -0.1) is 0 Å². The second-order valence-electron chi connectivity index (χ2n) is 5.76. The fraction of sp³-hybridized carbons (Fsp3) is 0.500. The smallest absolute Gasteiger partial charge is 0.317 e. The number of carbonyl (C=O) groups is 2. The lowest BCUT2D eigenvalue weighted by atomic mass is 9.93. The second kappa shape index (κ2) is 8.47. The van der Waals surface area contributed by atoms with Crippen LogP contribution in [0.2, 0.25) is 0 Å². The van der Waals surface area contributed by atoms with E-state index in [1.54, 1.807) is 4.90 Å². The molecule has 0 bridgehead atoms. The zero-order chi connectivity index (χ0) is 17.5. The van der Waals surface area contributed by atoms with E-state index < -0.39 is 11.6 Å². The first-order valence-corrected chi connectivity index (χ1v) is 7.84. The largest absolute Gasteiger partial charge is 0.489 e. The molecule has 132 valence electrons. The summed E-state index contributed by atoms with van der Waals surface area (Å²) in [7, 11) is 0. The van der Waals surface area contributed by atoms with Gasteiger partial charge >= 0.3 is 6.03 Å². The van der Waals surface area contributed by atoms with Gasteiger partial charge in [-0.1, -0.05) is 0 Å². The number of piperidine rings is 1. The van der Waals surface area contributed by atoms with Gasteiger partial charge in [0.2, 0.25) is 5.91 Å². The summed E-state index contributed by atoms with van der Waals surface area (Å²) in [4.78, 5) is 24.5. The molecule has 3 amide bonds. The number of hydrogen-bond acceptors (Lipinski definition) is 3. The summed E-state index contributed by atoms with van der Waals surface area (Å²) in [5.74, 6) is -1.59. The Morgan fingerprint density at radius 3 is 2.62 bits per heavy atom. The van der Waals surface area contributed by atoms with E-state index in [9.17, 15) is 18.4 Å². The Hall–Kier alpha value is -2.38. The minimum atomic E-state index is -0.780. The Balaban J connectivity index is 1.66. The molecule has 8 heteroatoms. The molecule has 0 saturated carbocycles. The molecule has 0 atom stereocenters. The maximum atomic E-state index is 13.4. The van der Waals surface area contributed by atoms with E-state index in [4.69, 9.17) is 10.5 Å². The van der Waals surface area contributed by atoms with Crippen LogP contribution in [0.15, 0.2) is 18.2 Å². The van der Waals surface area contributed by atoms with E-state index in [1.807, 2.05) is 0 Å². The van der Waals surface area contributed by atoms with Crippen molar-refractivity contribution >= 4 is 11.9 Å². The van der Waals surface area contributed by atoms with E-state index in [2.05, 4.69) is 5.32 Å². The van der Waals surface area contributed by atoms with Gasteiger partial charge in [0, 0.05) is 25.6 Å². The van der Waals surface area contributed by atoms with Gasteiger partial charge in [0.05, 0.1) is 6.54 Å². The molecule has 0 unspecified atom stereocenters. The number of ether oxygens (including phenoxy) is 1. The molecule has 1 fully saturated rings. The molecule has 6 nitrogen and oxygen atoms in total. The number of benzene rings is 1. The number of halogens is 2. The van der Waals surface area contributed by atoms with Crippen molar-refractivity contribution in [3.05, 3.63) is 29.8 Å². The van der Waals surface area contributed by atoms with Crippen LogP contribution in [0.5, 0.6) is 5.75 Å². The van der Waals surface area contributed by atoms with Gasteiger partial charge in [0.1, 0.15) is 12.4 Å². The molecule has 0 spiro atoms. The summed E-state index contributed by atoms with van der Waals surface area (Å²) in [6.07, 6.45) is 1.84. The summed E-state index contributed by atoms with van der Waals surface area (Å²) >= 11 is 0. The monoisotopic (exact) mass is 341 g/mol. The Bertz CT molecular complexity index is 590. The van der Waals surface area contributed by atoms with Crippen molar-refractivity contribution in [2.75, 3.05) is 26.2 Å². The number of nitrogens with one attached hydrogen (secondary N) is 1. The fourth-order valence-electron chi connectivity index (χ4n) is 2.65. The average Bonchev–Trinajstić information content (AvgIpc) is 2.53. The van der Waals surface area contributed by atoms with Gasteiger partial charge in [-0.05, 0) is 30.9 Å². The SMILES string of the molecule is NC(=O)CC1CCN(C(=O)NCCOc2ccc(F)cc2F)CC1. The number of primary amides is 1. The van der Waals surface area contributed by atoms with Gasteiger partial charge in [0.25, 0.3) is 0 Å². The Morgan fingerprint density at radius 1 is 1.29 bits per heavy atom. The third-order valence-electron chi connectivity index (χ3n) is 3.92. The molecule has 24 heavy (non-hydrogen) atoms. The zero-order valence-corrected chi connectivity index (χ0v) is 13.3. The van der Waals surface area contributed by atoms with Crippen molar-refractivity contribution in [1.29, 1.82) is 0 Å². The van der Waals surface area contributed by atoms with Crippen molar-refractivity contribution < 1.29 is 23.1 Å². The van der Waals surface area contributed by atoms with Crippen molar-refractivity contribution in [2.24, 2.45) is 11.7 Å². The van der Waals surface area contributed by atoms with Gasteiger partial charge in [-0.25, -0.2) is 13.6 Å². The molecule has 0 aromatic heterocycles. The molecule has 2 rings (SSSR count). The summed E-state index contributed by atoms with van der Waals surface area (Å²) in [6.45, 7) is 1.41. The van der Waals surface area contributed by atoms with Crippen molar-refractivity contribution in [3.63, 3.8) is 0 Å². The van der Waals surface area contributed by atoms with E-state index >= 15 is 0 Å². The maximum absolute atomic E-state index is 13.4. The molecule has 0 radical (unpaired) electrons. The van der Waals surface area contributed by atoms with Crippen LogP contribution in [0.4, 0.5) is 13.6 Å². The number of urea groups is 1. The molecule has 1 saturated heterocycles. The lowest BCUT2D eigenvalue weighted by molar-refractivity contribution is -0.119. The molecular formula is C16H21F2N3O3. The van der Waals surface area contributed by atoms with E-state index in [0.29, 0.717) is 19.5 Å². The van der Waals surface area contributed by atoms with Gasteiger partial charge in [-0.2, -0.15) is 0 Å². The molecule has 1 aliphatic rings. The predicted molar refractivity (Wildman–Crippen MR) is 83.4 cm³/mol. The highest BCUT2D eigenvalue weighted by Gasteiger charge is 2.23. The molecular weight excluding hydrogens is 320 g/mol. The minimum absolute atomic E-state index is 0.0575. The lowest BCUT2D eigenvalue weighted by Crippen LogP contribution is -2.45. The first kappa shape index (κ1) is 18.0. The van der Waals surface area contributed by atoms with E-state index in [1.165, 1.54) is 6.07 Å². The topological polar surface area (TPSA) is 84.7 Å². The summed E-state index contributed by atoms with van der Waals surface area (Å²) in [6, 6.07) is 2.82. The minimum Gasteiger partial charge on any atom is -0.489 e. The predicted octanol–water partition coefficient (Wildman–Crippen LogP) is 1.64. The highest BCUT2D eigenvalue weighted by Crippen LogP contribution is 2.20. The van der Waals surface area contributed by atoms with Crippen molar-refractivity contribution in [3.8, 4) is 5.75 Å². The Morgan fingerprint density at radius 2 is 2.00 bits per heavy atom. The van der Waals surface area contributed by atoms with Crippen LogP contribution >= 0.6 is 0 Å². The highest BCUT2D eigenvalue weighted by atomic mass is 19.1. The first-order chi connectivity index (χ1) is 11.5. The number of carbonyl (C=O) groups excluding carboxylic acids is 2. The second-order valence-corrected chi connectivity index (χ2v) is 5.76. The van der Waals surface area contributed by atoms with E-state index in [0.717, 1.165) is 25.0 Å². The number of hydrogen-bond donors (Lipinski definition) is 2. The van der Waals surface area contributed by atoms with Gasteiger partial charge < -0.3 is 20.7 Å². The normalized spacial score (nSPS) is 15.2. The van der Waals surface area contributed by atoms with Gasteiger partial charge in [0.15, 0.2) is 11.6 Å². The summed E-state index contributed by atoms with van der Waals surface area (Å²) in [5, 5.41) is 2.68. The Labute approximate surface area is 138 Å². The standard InChI is InChI=1S/C16H21F2N3O3/c17-12-1-2-14(13(18)10-12)24-8-5-20-16(23)21-6-3-11(4-7-21)9-15(19)22/h1-2,10-11H,3-9H2,(H2,19,22)(H,20,23). The zero-order valence-electron chi connectivity index (χ0n) is 13.3. The molecule has 1 heterocycles. The van der Waals surface area contributed by atoms with Crippen LogP contribution in [0.3, 0.4) is 0 Å². The molecule has 1 aromatic rings. The van der Waals surface area contributed by atoms with E-state index in [-0.39, 0.29) is 36.8 Å². The quantitative estimate of drug-likeness (QED) is 0.772. The summed E-state index contributed by atoms with van der Waals surface area (Å²) < 4.78 is 31.3. The third-order valence-corrected chi connectivity index (χ3v) is 3.92. The number of likely N-dealkylation sites (tertiary alicyclic amines) is 1. The number of nitrogens with zero attached hydrogens (tertiary/aromatic N) is 1. The molecule has 1 aliphatic heterocycles. The number of nitrogens with two attached hydrogens (primary N) is 1. The fourth-order valence-corrected chi connectivity index (χ4v) is 2.65. The lowest BCUT2D eigenvalue weighted by Gasteiger charge is -2.31. The molecule has 3 N–H and O–H groups in total. The maximum Gasteiger partial charge on any atom is 0.317 e. The number of rotatable bonds is 6. The van der Waals surface area contributed by atoms with Crippen LogP contribution < -0.4 is 15.8 Å². The van der Waals surface area contributed by atoms with Gasteiger partial charge in [-0.3, -0.25) is 4.79 Å². The van der Waals surface area contributed by atoms with Crippen LogP contribution in [-0.4, -0.2) is 43.1 Å². The Kier molecular flexibility index (Phi) is 6.34. The average molecular weight is 341 g/mol. The van der Waals surface area contributed by atoms with Crippen LogP contribution in [0, 0.1) is 17.6 Å². The molecule has 1 aromatic carbocycles. The highest BCUT2D eigenvalue weighted by molar-refractivity contribution is 5.75.